The van der Waals surface area contributed by atoms with Crippen LogP contribution in [-0.4, -0.2) is 22.4 Å². The molecule has 2 heteroatoms. The topological polar surface area (TPSA) is 40.5 Å². The molecule has 0 bridgehead atoms. The second-order valence-corrected chi connectivity index (χ2v) is 12.3. The number of rotatable bonds is 4. The average molecular weight is 415 g/mol. The fraction of sp³-hybridized carbons (Fsp3) is 0.857. The molecule has 10 unspecified atom stereocenters. The van der Waals surface area contributed by atoms with Crippen molar-refractivity contribution in [3.63, 3.8) is 0 Å². The van der Waals surface area contributed by atoms with Crippen LogP contribution < -0.4 is 0 Å². The maximum atomic E-state index is 11.1. The van der Waals surface area contributed by atoms with Crippen LogP contribution in [-0.2, 0) is 0 Å². The Balaban J connectivity index is 1.56. The van der Waals surface area contributed by atoms with Crippen LogP contribution in [0.1, 0.15) is 86.5 Å². The van der Waals surface area contributed by atoms with E-state index in [1.54, 1.807) is 0 Å². The van der Waals surface area contributed by atoms with Gasteiger partial charge in [-0.15, -0.1) is 0 Å². The van der Waals surface area contributed by atoms with E-state index in [0.29, 0.717) is 35.0 Å². The summed E-state index contributed by atoms with van der Waals surface area (Å²) < 4.78 is 0. The van der Waals surface area contributed by atoms with Gasteiger partial charge in [0.2, 0.25) is 0 Å². The van der Waals surface area contributed by atoms with E-state index in [2.05, 4.69) is 53.7 Å². The van der Waals surface area contributed by atoms with Crippen LogP contribution >= 0.6 is 0 Å². The Morgan fingerprint density at radius 1 is 0.933 bits per heavy atom. The lowest BCUT2D eigenvalue weighted by Gasteiger charge is -2.59. The van der Waals surface area contributed by atoms with Crippen LogP contribution in [0.15, 0.2) is 23.8 Å². The summed E-state index contributed by atoms with van der Waals surface area (Å²) in [4.78, 5) is 0. The molecule has 3 fully saturated rings. The molecule has 0 heterocycles. The second-order valence-electron chi connectivity index (χ2n) is 12.3. The SMILES string of the molecule is CC(C)C(C)C=CC(C)C1CCC2C3CC(O)C4=CC(O)CCC4(C)C3CCC12C. The van der Waals surface area contributed by atoms with Crippen molar-refractivity contribution in [2.24, 2.45) is 52.3 Å². The summed E-state index contributed by atoms with van der Waals surface area (Å²) in [6, 6.07) is 0. The van der Waals surface area contributed by atoms with Crippen LogP contribution in [0.2, 0.25) is 0 Å². The molecule has 0 spiro atoms. The van der Waals surface area contributed by atoms with Gasteiger partial charge in [0.1, 0.15) is 0 Å². The maximum absolute atomic E-state index is 11.1. The highest BCUT2D eigenvalue weighted by atomic mass is 16.3. The lowest BCUT2D eigenvalue weighted by molar-refractivity contribution is -0.0852. The predicted molar refractivity (Wildman–Crippen MR) is 125 cm³/mol. The van der Waals surface area contributed by atoms with Crippen LogP contribution in [0.4, 0.5) is 0 Å². The Morgan fingerprint density at radius 3 is 2.37 bits per heavy atom. The maximum Gasteiger partial charge on any atom is 0.0759 e. The van der Waals surface area contributed by atoms with Crippen LogP contribution in [0.5, 0.6) is 0 Å². The number of allylic oxidation sites excluding steroid dienone is 2. The van der Waals surface area contributed by atoms with E-state index in [1.165, 1.54) is 31.3 Å². The molecule has 0 saturated heterocycles. The third kappa shape index (κ3) is 3.54. The highest BCUT2D eigenvalue weighted by Gasteiger charge is 2.60. The standard InChI is InChI=1S/C28H46O2/c1-17(2)18(3)7-8-19(4)22-9-10-23-21-16-26(30)25-15-20(29)11-13-28(25,6)24(21)12-14-27(22,23)5/h7-8,15,17-24,26,29-30H,9-14,16H2,1-6H3. The molecule has 4 aliphatic rings. The second kappa shape index (κ2) is 8.07. The highest BCUT2D eigenvalue weighted by molar-refractivity contribution is 5.29. The summed E-state index contributed by atoms with van der Waals surface area (Å²) in [5.74, 6) is 4.84. The Morgan fingerprint density at radius 2 is 1.67 bits per heavy atom. The molecular weight excluding hydrogens is 368 g/mol. The molecule has 2 nitrogen and oxygen atoms in total. The first-order valence-electron chi connectivity index (χ1n) is 12.8. The van der Waals surface area contributed by atoms with E-state index < -0.39 is 0 Å². The number of aliphatic hydroxyl groups is 2. The van der Waals surface area contributed by atoms with Crippen LogP contribution in [0, 0.1) is 52.3 Å². The molecule has 10 atom stereocenters. The van der Waals surface area contributed by atoms with E-state index in [9.17, 15) is 10.2 Å². The molecule has 0 aliphatic heterocycles. The van der Waals surface area contributed by atoms with Crippen LogP contribution in [0.3, 0.4) is 0 Å². The average Bonchev–Trinajstić information content (AvgIpc) is 3.04. The van der Waals surface area contributed by atoms with Crippen molar-refractivity contribution in [2.45, 2.75) is 98.7 Å². The summed E-state index contributed by atoms with van der Waals surface area (Å²) in [5.41, 5.74) is 1.68. The molecule has 0 amide bonds. The van der Waals surface area contributed by atoms with Gasteiger partial charge in [-0.3, -0.25) is 0 Å². The molecule has 30 heavy (non-hydrogen) atoms. The molecule has 4 rings (SSSR count). The molecular formula is C28H46O2. The Bertz CT molecular complexity index is 693. The Labute approximate surface area is 185 Å². The minimum atomic E-state index is -0.357. The lowest BCUT2D eigenvalue weighted by atomic mass is 9.46. The molecule has 0 aromatic rings. The zero-order chi connectivity index (χ0) is 21.8. The number of hydrogen-bond donors (Lipinski definition) is 2. The van der Waals surface area contributed by atoms with Gasteiger partial charge in [-0.05, 0) is 103 Å². The predicted octanol–water partition coefficient (Wildman–Crippen LogP) is 6.38. The number of hydrogen-bond acceptors (Lipinski definition) is 2. The third-order valence-electron chi connectivity index (χ3n) is 10.6. The molecule has 0 aromatic heterocycles. The highest BCUT2D eigenvalue weighted by Crippen LogP contribution is 2.67. The number of fused-ring (bicyclic) bond motifs is 5. The normalized spacial score (nSPS) is 48.1. The van der Waals surface area contributed by atoms with Crippen LogP contribution in [0.25, 0.3) is 0 Å². The van der Waals surface area contributed by atoms with E-state index in [0.717, 1.165) is 31.1 Å². The lowest BCUT2D eigenvalue weighted by Crippen LogP contribution is -2.54. The van der Waals surface area contributed by atoms with Gasteiger partial charge in [-0.25, -0.2) is 0 Å². The van der Waals surface area contributed by atoms with Gasteiger partial charge in [0, 0.05) is 0 Å². The molecule has 0 aromatic carbocycles. The Hall–Kier alpha value is -0.600. The van der Waals surface area contributed by atoms with Crippen molar-refractivity contribution < 1.29 is 10.2 Å². The summed E-state index contributed by atoms with van der Waals surface area (Å²) >= 11 is 0. The first-order valence-corrected chi connectivity index (χ1v) is 12.8. The first-order chi connectivity index (χ1) is 14.1. The van der Waals surface area contributed by atoms with Gasteiger partial charge in [-0.2, -0.15) is 0 Å². The number of aliphatic hydroxyl groups excluding tert-OH is 2. The Kier molecular flexibility index (Phi) is 6.08. The van der Waals surface area contributed by atoms with Crippen molar-refractivity contribution in [1.29, 1.82) is 0 Å². The van der Waals surface area contributed by atoms with Gasteiger partial charge in [0.05, 0.1) is 12.2 Å². The van der Waals surface area contributed by atoms with Gasteiger partial charge in [0.15, 0.2) is 0 Å². The fourth-order valence-electron chi connectivity index (χ4n) is 8.37. The van der Waals surface area contributed by atoms with Gasteiger partial charge in [0.25, 0.3) is 0 Å². The van der Waals surface area contributed by atoms with E-state index >= 15 is 0 Å². The van der Waals surface area contributed by atoms with Crippen molar-refractivity contribution >= 4 is 0 Å². The summed E-state index contributed by atoms with van der Waals surface area (Å²) in [7, 11) is 0. The minimum absolute atomic E-state index is 0.0964. The molecule has 0 radical (unpaired) electrons. The van der Waals surface area contributed by atoms with Crippen molar-refractivity contribution in [3.05, 3.63) is 23.8 Å². The van der Waals surface area contributed by atoms with Gasteiger partial charge >= 0.3 is 0 Å². The van der Waals surface area contributed by atoms with E-state index in [4.69, 9.17) is 0 Å². The fourth-order valence-corrected chi connectivity index (χ4v) is 8.37. The third-order valence-corrected chi connectivity index (χ3v) is 10.6. The summed E-state index contributed by atoms with van der Waals surface area (Å²) in [6.45, 7) is 14.4. The molecule has 3 saturated carbocycles. The zero-order valence-corrected chi connectivity index (χ0v) is 20.3. The molecule has 2 N–H and O–H groups in total. The van der Waals surface area contributed by atoms with E-state index in [-0.39, 0.29) is 17.6 Å². The van der Waals surface area contributed by atoms with Gasteiger partial charge < -0.3 is 10.2 Å². The van der Waals surface area contributed by atoms with E-state index in [1.807, 2.05) is 6.08 Å². The van der Waals surface area contributed by atoms with Crippen molar-refractivity contribution in [1.82, 2.24) is 0 Å². The van der Waals surface area contributed by atoms with Crippen molar-refractivity contribution in [3.8, 4) is 0 Å². The first kappa shape index (κ1) is 22.6. The largest absolute Gasteiger partial charge is 0.389 e. The minimum Gasteiger partial charge on any atom is -0.389 e. The smallest absolute Gasteiger partial charge is 0.0759 e. The summed E-state index contributed by atoms with van der Waals surface area (Å²) in [6.07, 6.45) is 14.4. The van der Waals surface area contributed by atoms with Crippen molar-refractivity contribution in [2.75, 3.05) is 0 Å². The zero-order valence-electron chi connectivity index (χ0n) is 20.3. The molecule has 170 valence electrons. The summed E-state index contributed by atoms with van der Waals surface area (Å²) in [5, 5.41) is 21.3. The monoisotopic (exact) mass is 414 g/mol. The quantitative estimate of drug-likeness (QED) is 0.524. The molecule has 4 aliphatic carbocycles. The van der Waals surface area contributed by atoms with Gasteiger partial charge in [-0.1, -0.05) is 59.8 Å².